The van der Waals surface area contributed by atoms with Gasteiger partial charge in [-0.3, -0.25) is 0 Å². The number of hydrogen-bond donors (Lipinski definition) is 0. The molecule has 0 aromatic heterocycles. The van der Waals surface area contributed by atoms with E-state index < -0.39 is 12.5 Å². The maximum absolute atomic E-state index is 13.0. The smallest absolute Gasteiger partial charge is 0.268 e. The van der Waals surface area contributed by atoms with Gasteiger partial charge in [0.05, 0.1) is 5.60 Å². The van der Waals surface area contributed by atoms with Crippen LogP contribution in [0.2, 0.25) is 0 Å². The van der Waals surface area contributed by atoms with Crippen LogP contribution >= 0.6 is 0 Å². The van der Waals surface area contributed by atoms with E-state index in [-0.39, 0.29) is 5.60 Å². The highest BCUT2D eigenvalue weighted by atomic mass is 19.3. The molecule has 4 aliphatic rings. The Morgan fingerprint density at radius 1 is 1.06 bits per heavy atom. The highest BCUT2D eigenvalue weighted by Gasteiger charge is 2.56. The highest BCUT2D eigenvalue weighted by Crippen LogP contribution is 2.59. The first kappa shape index (κ1) is 11.9. The third-order valence-electron chi connectivity index (χ3n) is 5.40. The molecule has 0 aromatic rings. The summed E-state index contributed by atoms with van der Waals surface area (Å²) in [6.45, 7) is 2.63. The summed E-state index contributed by atoms with van der Waals surface area (Å²) < 4.78 is 31.7. The summed E-state index contributed by atoms with van der Waals surface area (Å²) in [5.41, 5.74) is -0.271. The van der Waals surface area contributed by atoms with Crippen molar-refractivity contribution >= 4 is 0 Å². The monoisotopic (exact) mass is 244 g/mol. The van der Waals surface area contributed by atoms with E-state index >= 15 is 0 Å². The predicted molar refractivity (Wildman–Crippen MR) is 62.0 cm³/mol. The molecule has 4 fully saturated rings. The van der Waals surface area contributed by atoms with Gasteiger partial charge >= 0.3 is 0 Å². The van der Waals surface area contributed by atoms with Gasteiger partial charge in [0, 0.05) is 6.92 Å². The standard InChI is InChI=1S/C14H22F2O/c1-13(15,16)8-17-14(2)11-4-9-3-10(6-11)7-12(14)5-9/h9-12H,3-8H2,1-2H3. The molecule has 0 aliphatic heterocycles. The van der Waals surface area contributed by atoms with Crippen molar-refractivity contribution in [2.45, 2.75) is 57.5 Å². The van der Waals surface area contributed by atoms with Crippen molar-refractivity contribution in [3.63, 3.8) is 0 Å². The zero-order chi connectivity index (χ0) is 12.3. The topological polar surface area (TPSA) is 9.23 Å². The Kier molecular flexibility index (Phi) is 2.56. The van der Waals surface area contributed by atoms with Crippen molar-refractivity contribution in [3.05, 3.63) is 0 Å². The molecule has 0 radical (unpaired) electrons. The molecule has 0 N–H and O–H groups in total. The van der Waals surface area contributed by atoms with E-state index in [1.54, 1.807) is 0 Å². The van der Waals surface area contributed by atoms with Crippen LogP contribution in [0.3, 0.4) is 0 Å². The fraction of sp³-hybridized carbons (Fsp3) is 1.00. The maximum Gasteiger partial charge on any atom is 0.268 e. The third-order valence-corrected chi connectivity index (χ3v) is 5.40. The van der Waals surface area contributed by atoms with Crippen molar-refractivity contribution in [3.8, 4) is 0 Å². The molecular weight excluding hydrogens is 222 g/mol. The molecule has 1 nitrogen and oxygen atoms in total. The summed E-state index contributed by atoms with van der Waals surface area (Å²) in [6.07, 6.45) is 6.21. The average molecular weight is 244 g/mol. The molecule has 4 rings (SSSR count). The molecule has 3 heteroatoms. The number of hydrogen-bond acceptors (Lipinski definition) is 1. The third kappa shape index (κ3) is 2.00. The van der Waals surface area contributed by atoms with Crippen LogP contribution in [0.4, 0.5) is 8.78 Å². The number of alkyl halides is 2. The van der Waals surface area contributed by atoms with Crippen LogP contribution in [0.15, 0.2) is 0 Å². The molecule has 98 valence electrons. The lowest BCUT2D eigenvalue weighted by atomic mass is 9.50. The molecule has 4 bridgehead atoms. The number of rotatable bonds is 3. The van der Waals surface area contributed by atoms with E-state index in [0.717, 1.165) is 18.8 Å². The van der Waals surface area contributed by atoms with Crippen LogP contribution in [0, 0.1) is 23.7 Å². The largest absolute Gasteiger partial charge is 0.368 e. The fourth-order valence-electron chi connectivity index (χ4n) is 4.64. The Balaban J connectivity index is 1.73. The van der Waals surface area contributed by atoms with Crippen LogP contribution in [-0.4, -0.2) is 18.1 Å². The highest BCUT2D eigenvalue weighted by molar-refractivity contribution is 5.06. The second-order valence-electron chi connectivity index (χ2n) is 6.85. The summed E-state index contributed by atoms with van der Waals surface area (Å²) in [5.74, 6) is 0.0762. The van der Waals surface area contributed by atoms with Gasteiger partial charge in [-0.2, -0.15) is 0 Å². The lowest BCUT2D eigenvalue weighted by Crippen LogP contribution is -2.58. The van der Waals surface area contributed by atoms with Crippen LogP contribution < -0.4 is 0 Å². The molecule has 0 saturated heterocycles. The van der Waals surface area contributed by atoms with Crippen molar-refractivity contribution in [2.24, 2.45) is 23.7 Å². The van der Waals surface area contributed by atoms with Gasteiger partial charge in [0.1, 0.15) is 6.61 Å². The first-order valence-corrected chi connectivity index (χ1v) is 6.88. The second kappa shape index (κ2) is 3.66. The molecule has 0 heterocycles. The fourth-order valence-corrected chi connectivity index (χ4v) is 4.64. The quantitative estimate of drug-likeness (QED) is 0.732. The molecule has 4 aliphatic carbocycles. The van der Waals surface area contributed by atoms with Crippen molar-refractivity contribution in [1.82, 2.24) is 0 Å². The zero-order valence-corrected chi connectivity index (χ0v) is 10.7. The summed E-state index contributed by atoms with van der Waals surface area (Å²) >= 11 is 0. The lowest BCUT2D eigenvalue weighted by molar-refractivity contribution is -0.220. The van der Waals surface area contributed by atoms with Crippen molar-refractivity contribution in [1.29, 1.82) is 0 Å². The Morgan fingerprint density at radius 3 is 1.94 bits per heavy atom. The minimum absolute atomic E-state index is 0.271. The van der Waals surface area contributed by atoms with E-state index in [4.69, 9.17) is 4.74 Å². The Morgan fingerprint density at radius 2 is 1.53 bits per heavy atom. The first-order valence-electron chi connectivity index (χ1n) is 6.88. The maximum atomic E-state index is 13.0. The van der Waals surface area contributed by atoms with Crippen molar-refractivity contribution in [2.75, 3.05) is 6.61 Å². The second-order valence-corrected chi connectivity index (χ2v) is 6.85. The average Bonchev–Trinajstić information content (AvgIpc) is 2.21. The Labute approximate surface area is 102 Å². The van der Waals surface area contributed by atoms with Crippen LogP contribution in [-0.2, 0) is 4.74 Å². The van der Waals surface area contributed by atoms with Crippen molar-refractivity contribution < 1.29 is 13.5 Å². The minimum atomic E-state index is -2.70. The Hall–Kier alpha value is -0.180. The Bertz CT molecular complexity index is 280. The molecule has 4 saturated carbocycles. The first-order chi connectivity index (χ1) is 7.87. The van der Waals surface area contributed by atoms with Gasteiger partial charge in [0.25, 0.3) is 5.92 Å². The molecule has 0 unspecified atom stereocenters. The summed E-state index contributed by atoms with van der Waals surface area (Å²) in [4.78, 5) is 0. The van der Waals surface area contributed by atoms with Gasteiger partial charge in [-0.25, -0.2) is 8.78 Å². The van der Waals surface area contributed by atoms with Gasteiger partial charge in [-0.1, -0.05) is 0 Å². The molecule has 17 heavy (non-hydrogen) atoms. The summed E-state index contributed by atoms with van der Waals surface area (Å²) in [7, 11) is 0. The normalized spacial score (nSPS) is 48.7. The van der Waals surface area contributed by atoms with E-state index in [9.17, 15) is 8.78 Å². The van der Waals surface area contributed by atoms with E-state index in [0.29, 0.717) is 11.8 Å². The van der Waals surface area contributed by atoms with Crippen LogP contribution in [0.1, 0.15) is 46.0 Å². The zero-order valence-electron chi connectivity index (χ0n) is 10.7. The molecule has 0 aromatic carbocycles. The van der Waals surface area contributed by atoms with Gasteiger partial charge in [0.15, 0.2) is 0 Å². The van der Waals surface area contributed by atoms with Gasteiger partial charge in [0.2, 0.25) is 0 Å². The van der Waals surface area contributed by atoms with Crippen LogP contribution in [0.5, 0.6) is 0 Å². The summed E-state index contributed by atoms with van der Waals surface area (Å²) in [5, 5.41) is 0. The van der Waals surface area contributed by atoms with E-state index in [2.05, 4.69) is 6.92 Å². The number of ether oxygens (including phenoxy) is 1. The van der Waals surface area contributed by atoms with Gasteiger partial charge < -0.3 is 4.74 Å². The van der Waals surface area contributed by atoms with Gasteiger partial charge in [-0.05, 0) is 62.7 Å². The summed E-state index contributed by atoms with van der Waals surface area (Å²) in [6, 6.07) is 0. The molecule has 0 atom stereocenters. The lowest BCUT2D eigenvalue weighted by Gasteiger charge is -2.59. The number of halogens is 2. The minimum Gasteiger partial charge on any atom is -0.368 e. The predicted octanol–water partition coefficient (Wildman–Crippen LogP) is 3.87. The van der Waals surface area contributed by atoms with Gasteiger partial charge in [-0.15, -0.1) is 0 Å². The molecular formula is C14H22F2O. The van der Waals surface area contributed by atoms with E-state index in [1.807, 2.05) is 0 Å². The SMILES string of the molecule is CC(F)(F)COC1(C)C2CC3CC(C2)CC1C3. The van der Waals surface area contributed by atoms with Crippen LogP contribution in [0.25, 0.3) is 0 Å². The van der Waals surface area contributed by atoms with E-state index in [1.165, 1.54) is 32.1 Å². The molecule has 0 spiro atoms. The molecule has 0 amide bonds.